The van der Waals surface area contributed by atoms with Crippen molar-refractivity contribution in [2.45, 2.75) is 0 Å². The van der Waals surface area contributed by atoms with Crippen molar-refractivity contribution >= 4 is 7.82 Å². The lowest BCUT2D eigenvalue weighted by Gasteiger charge is -2.23. The van der Waals surface area contributed by atoms with E-state index in [0.717, 1.165) is 0 Å². The minimum atomic E-state index is -3.99. The molecule has 7 heteroatoms. The maximum absolute atomic E-state index is 10.6. The normalized spacial score (nSPS) is 17.4. The molecule has 1 atom stereocenters. The highest BCUT2D eigenvalue weighted by Gasteiger charge is 2.20. The fraction of sp³-hybridized carbons (Fsp3) is 1.00. The molecule has 0 aliphatic rings. The van der Waals surface area contributed by atoms with Crippen LogP contribution >= 0.6 is 7.82 Å². The van der Waals surface area contributed by atoms with Crippen LogP contribution in [0.2, 0.25) is 0 Å². The molecule has 0 fully saturated rings. The minimum absolute atomic E-state index is 0.133. The summed E-state index contributed by atoms with van der Waals surface area (Å²) in [6.45, 7) is 0.738. The highest BCUT2D eigenvalue weighted by atomic mass is 31.2. The van der Waals surface area contributed by atoms with E-state index in [-0.39, 0.29) is 6.61 Å². The zero-order chi connectivity index (χ0) is 9.83. The van der Waals surface area contributed by atoms with Gasteiger partial charge in [-0.15, -0.1) is 0 Å². The summed E-state index contributed by atoms with van der Waals surface area (Å²) in [5, 5.41) is 0. The minimum Gasteiger partial charge on any atom is -0.329 e. The molecule has 0 heterocycles. The number of phosphoric ester groups is 1. The Balaban J connectivity index is 3.65. The van der Waals surface area contributed by atoms with E-state index in [0.29, 0.717) is 11.0 Å². The second kappa shape index (κ2) is 4.32. The molecule has 0 rings (SSSR count). The van der Waals surface area contributed by atoms with Gasteiger partial charge >= 0.3 is 7.82 Å². The molecule has 0 bridgehead atoms. The van der Waals surface area contributed by atoms with Crippen LogP contribution in [0, 0.1) is 0 Å². The number of nitrogens with zero attached hydrogens (tertiary/aromatic N) is 1. The first-order valence-electron chi connectivity index (χ1n) is 3.43. The number of rotatable bonds is 5. The topological polar surface area (TPSA) is 81.8 Å². The highest BCUT2D eigenvalue weighted by molar-refractivity contribution is 7.47. The monoisotopic (exact) mass is 199 g/mol. The van der Waals surface area contributed by atoms with Crippen LogP contribution in [0.25, 0.3) is 0 Å². The molecule has 0 amide bonds. The van der Waals surface area contributed by atoms with Crippen molar-refractivity contribution in [2.24, 2.45) is 5.90 Å². The van der Waals surface area contributed by atoms with E-state index in [4.69, 9.17) is 4.89 Å². The van der Waals surface area contributed by atoms with Crippen molar-refractivity contribution in [3.05, 3.63) is 0 Å². The number of hydrogen-bond donors (Lipinski definition) is 2. The van der Waals surface area contributed by atoms with Gasteiger partial charge in [-0.05, 0) is 0 Å². The van der Waals surface area contributed by atoms with Gasteiger partial charge in [0.2, 0.25) is 0 Å². The molecule has 0 aromatic heterocycles. The largest absolute Gasteiger partial charge is 0.488 e. The predicted molar refractivity (Wildman–Crippen MR) is 43.9 cm³/mol. The van der Waals surface area contributed by atoms with Crippen LogP contribution in [0.4, 0.5) is 0 Å². The smallest absolute Gasteiger partial charge is 0.329 e. The number of quaternary nitrogens is 1. The van der Waals surface area contributed by atoms with E-state index < -0.39 is 7.82 Å². The lowest BCUT2D eigenvalue weighted by molar-refractivity contribution is -0.870. The summed E-state index contributed by atoms with van der Waals surface area (Å²) in [4.78, 5) is 8.70. The number of phosphoric acid groups is 1. The fourth-order valence-corrected chi connectivity index (χ4v) is 0.834. The fourth-order valence-electron chi connectivity index (χ4n) is 0.460. The van der Waals surface area contributed by atoms with Gasteiger partial charge in [0.1, 0.15) is 13.2 Å². The van der Waals surface area contributed by atoms with Gasteiger partial charge in [-0.3, -0.25) is 4.52 Å². The average molecular weight is 199 g/mol. The average Bonchev–Trinajstić information content (AvgIpc) is 1.84. The summed E-state index contributed by atoms with van der Waals surface area (Å²) in [5.74, 6) is 4.51. The molecule has 0 aromatic rings. The van der Waals surface area contributed by atoms with Gasteiger partial charge in [0.25, 0.3) is 0 Å². The van der Waals surface area contributed by atoms with Gasteiger partial charge in [-0.1, -0.05) is 0 Å². The molecule has 0 radical (unpaired) electrons. The van der Waals surface area contributed by atoms with Crippen LogP contribution in [-0.2, 0) is 13.7 Å². The lowest BCUT2D eigenvalue weighted by atomic mass is 10.5. The van der Waals surface area contributed by atoms with Crippen LogP contribution in [-0.4, -0.2) is 43.7 Å². The highest BCUT2D eigenvalue weighted by Crippen LogP contribution is 2.40. The Morgan fingerprint density at radius 1 is 1.50 bits per heavy atom. The van der Waals surface area contributed by atoms with E-state index in [9.17, 15) is 4.57 Å². The van der Waals surface area contributed by atoms with Gasteiger partial charge in [0.15, 0.2) is 0 Å². The second-order valence-corrected chi connectivity index (χ2v) is 4.83. The van der Waals surface area contributed by atoms with Crippen molar-refractivity contribution in [3.63, 3.8) is 0 Å². The molecule has 12 heavy (non-hydrogen) atoms. The van der Waals surface area contributed by atoms with Crippen molar-refractivity contribution in [1.82, 2.24) is 0 Å². The molecular formula is C5H16N2O4P+. The third-order valence-electron chi connectivity index (χ3n) is 1.15. The van der Waals surface area contributed by atoms with E-state index in [1.807, 2.05) is 21.1 Å². The predicted octanol–water partition coefficient (Wildman–Crippen LogP) is -0.300. The first kappa shape index (κ1) is 12.0. The first-order chi connectivity index (χ1) is 5.27. The van der Waals surface area contributed by atoms with Crippen LogP contribution in [0.3, 0.4) is 0 Å². The van der Waals surface area contributed by atoms with E-state index in [1.54, 1.807) is 0 Å². The van der Waals surface area contributed by atoms with Crippen LogP contribution in [0.5, 0.6) is 0 Å². The van der Waals surface area contributed by atoms with Crippen LogP contribution in [0.1, 0.15) is 0 Å². The first-order valence-corrected chi connectivity index (χ1v) is 4.93. The molecule has 0 saturated heterocycles. The van der Waals surface area contributed by atoms with Gasteiger partial charge < -0.3 is 9.38 Å². The molecule has 0 spiro atoms. The Morgan fingerprint density at radius 2 is 2.00 bits per heavy atom. The van der Waals surface area contributed by atoms with Crippen molar-refractivity contribution < 1.29 is 23.1 Å². The van der Waals surface area contributed by atoms with Gasteiger partial charge in [0.05, 0.1) is 21.1 Å². The third kappa shape index (κ3) is 6.72. The SMILES string of the molecule is C[N+](C)(C)CCOP(=O)(O)ON. The van der Waals surface area contributed by atoms with E-state index >= 15 is 0 Å². The Kier molecular flexibility index (Phi) is 4.33. The number of nitrogens with two attached hydrogens (primary N) is 1. The summed E-state index contributed by atoms with van der Waals surface area (Å²) in [5.41, 5.74) is 0. The Morgan fingerprint density at radius 3 is 2.33 bits per heavy atom. The van der Waals surface area contributed by atoms with Gasteiger partial charge in [-0.25, -0.2) is 15.1 Å². The summed E-state index contributed by atoms with van der Waals surface area (Å²) in [6, 6.07) is 0. The maximum atomic E-state index is 10.6. The van der Waals surface area contributed by atoms with Gasteiger partial charge in [0, 0.05) is 0 Å². The van der Waals surface area contributed by atoms with Crippen LogP contribution in [0.15, 0.2) is 0 Å². The molecule has 6 nitrogen and oxygen atoms in total. The van der Waals surface area contributed by atoms with Crippen LogP contribution < -0.4 is 5.90 Å². The summed E-state index contributed by atoms with van der Waals surface area (Å²) < 4.78 is 19.5. The van der Waals surface area contributed by atoms with Crippen molar-refractivity contribution in [3.8, 4) is 0 Å². The summed E-state index contributed by atoms with van der Waals surface area (Å²) >= 11 is 0. The second-order valence-electron chi connectivity index (χ2n) is 3.42. The number of likely N-dealkylation sites (N-methyl/N-ethyl adjacent to an activating group) is 1. The molecule has 0 aromatic carbocycles. The molecule has 0 aliphatic carbocycles. The standard InChI is InChI=1S/C5H15N2O4P/c1-7(2,3)4-5-10-12(8,9)11-6/h4-6H2,1-3H3/p+1. The molecule has 3 N–H and O–H groups in total. The molecule has 1 unspecified atom stereocenters. The molecule has 0 saturated carbocycles. The summed E-state index contributed by atoms with van der Waals surface area (Å²) in [6.07, 6.45) is 0. The number of hydrogen-bond acceptors (Lipinski definition) is 4. The van der Waals surface area contributed by atoms with Crippen molar-refractivity contribution in [1.29, 1.82) is 0 Å². The maximum Gasteiger partial charge on any atom is 0.488 e. The third-order valence-corrected chi connectivity index (χ3v) is 1.93. The van der Waals surface area contributed by atoms with E-state index in [1.165, 1.54) is 0 Å². The Bertz CT molecular complexity index is 179. The molecule has 0 aliphatic heterocycles. The van der Waals surface area contributed by atoms with Gasteiger partial charge in [-0.2, -0.15) is 0 Å². The lowest BCUT2D eigenvalue weighted by Crippen LogP contribution is -2.37. The van der Waals surface area contributed by atoms with Crippen molar-refractivity contribution in [2.75, 3.05) is 34.3 Å². The molecule has 74 valence electrons. The summed E-state index contributed by atoms with van der Waals surface area (Å²) in [7, 11) is 1.83. The molecular weight excluding hydrogens is 183 g/mol. The Hall–Kier alpha value is 0.0300. The van der Waals surface area contributed by atoms with E-state index in [2.05, 4.69) is 15.0 Å². The quantitative estimate of drug-likeness (QED) is 0.361. The Labute approximate surface area is 72.0 Å². The zero-order valence-electron chi connectivity index (χ0n) is 7.56. The zero-order valence-corrected chi connectivity index (χ0v) is 8.45.